The fraction of sp³-hybridized carbons (Fsp3) is 0.263. The monoisotopic (exact) mass is 341 g/mol. The Labute approximate surface area is 148 Å². The number of hydrogen-bond acceptors (Lipinski definition) is 3. The van der Waals surface area contributed by atoms with Crippen molar-refractivity contribution >= 4 is 29.2 Å². The molecule has 0 aliphatic carbocycles. The molecule has 24 heavy (non-hydrogen) atoms. The van der Waals surface area contributed by atoms with E-state index in [9.17, 15) is 0 Å². The number of para-hydroxylation sites is 1. The first-order valence-electron chi connectivity index (χ1n) is 8.16. The first kappa shape index (κ1) is 17.9. The van der Waals surface area contributed by atoms with Gasteiger partial charge < -0.3 is 10.1 Å². The zero-order valence-corrected chi connectivity index (χ0v) is 14.7. The van der Waals surface area contributed by atoms with Crippen LogP contribution in [0.3, 0.4) is 0 Å². The van der Waals surface area contributed by atoms with E-state index in [4.69, 9.17) is 17.0 Å². The highest BCUT2D eigenvalue weighted by Crippen LogP contribution is 2.12. The van der Waals surface area contributed by atoms with Gasteiger partial charge in [0.15, 0.2) is 5.11 Å². The molecule has 2 N–H and O–H groups in total. The largest absolute Gasteiger partial charge is 0.494 e. The third-order valence-electron chi connectivity index (χ3n) is 3.31. The molecule has 0 aliphatic rings. The number of unbranched alkanes of at least 4 members (excludes halogenated alkanes) is 2. The molecule has 0 radical (unpaired) electrons. The van der Waals surface area contributed by atoms with E-state index >= 15 is 0 Å². The van der Waals surface area contributed by atoms with Crippen molar-refractivity contribution in [3.05, 3.63) is 60.2 Å². The number of benzene rings is 2. The van der Waals surface area contributed by atoms with Crippen LogP contribution in [-0.4, -0.2) is 17.9 Å². The summed E-state index contributed by atoms with van der Waals surface area (Å²) >= 11 is 5.19. The Hall–Kier alpha value is -2.40. The van der Waals surface area contributed by atoms with E-state index in [1.54, 1.807) is 6.21 Å². The van der Waals surface area contributed by atoms with Crippen molar-refractivity contribution in [3.63, 3.8) is 0 Å². The summed E-state index contributed by atoms with van der Waals surface area (Å²) in [5.41, 5.74) is 4.70. The van der Waals surface area contributed by atoms with Crippen LogP contribution in [0.4, 0.5) is 5.69 Å². The van der Waals surface area contributed by atoms with Gasteiger partial charge in [0.1, 0.15) is 5.75 Å². The zero-order valence-electron chi connectivity index (χ0n) is 13.9. The van der Waals surface area contributed by atoms with Gasteiger partial charge in [0.25, 0.3) is 0 Å². The zero-order chi connectivity index (χ0) is 17.0. The van der Waals surface area contributed by atoms with E-state index in [1.165, 1.54) is 12.8 Å². The lowest BCUT2D eigenvalue weighted by Crippen LogP contribution is -2.23. The summed E-state index contributed by atoms with van der Waals surface area (Å²) in [5, 5.41) is 7.64. The van der Waals surface area contributed by atoms with Crippen molar-refractivity contribution in [3.8, 4) is 5.75 Å². The second-order valence-electron chi connectivity index (χ2n) is 5.31. The lowest BCUT2D eigenvalue weighted by Gasteiger charge is -2.06. The first-order valence-corrected chi connectivity index (χ1v) is 8.56. The van der Waals surface area contributed by atoms with Crippen LogP contribution >= 0.6 is 12.2 Å². The third kappa shape index (κ3) is 6.79. The fourth-order valence-electron chi connectivity index (χ4n) is 2.04. The lowest BCUT2D eigenvalue weighted by atomic mass is 10.2. The molecule has 0 saturated heterocycles. The number of nitrogens with zero attached hydrogens (tertiary/aromatic N) is 1. The number of thiocarbonyl (C=S) groups is 1. The minimum atomic E-state index is 0.452. The molecule has 0 bridgehead atoms. The van der Waals surface area contributed by atoms with Crippen LogP contribution in [0, 0.1) is 0 Å². The van der Waals surface area contributed by atoms with Crippen molar-refractivity contribution in [2.75, 3.05) is 11.9 Å². The second kappa shape index (κ2) is 10.4. The lowest BCUT2D eigenvalue weighted by molar-refractivity contribution is 0.306. The van der Waals surface area contributed by atoms with Crippen molar-refractivity contribution in [2.45, 2.75) is 26.2 Å². The average molecular weight is 341 g/mol. The smallest absolute Gasteiger partial charge is 0.191 e. The Kier molecular flexibility index (Phi) is 7.77. The van der Waals surface area contributed by atoms with Gasteiger partial charge in [0.2, 0.25) is 0 Å². The first-order chi connectivity index (χ1) is 11.8. The maximum absolute atomic E-state index is 5.68. The highest BCUT2D eigenvalue weighted by Gasteiger charge is 1.96. The summed E-state index contributed by atoms with van der Waals surface area (Å²) in [4.78, 5) is 0. The highest BCUT2D eigenvalue weighted by atomic mass is 32.1. The van der Waals surface area contributed by atoms with Gasteiger partial charge in [-0.3, -0.25) is 5.43 Å². The minimum absolute atomic E-state index is 0.452. The SMILES string of the molecule is CCCCCOc1ccc(/C=N/NC(=S)Nc2ccccc2)cc1. The fourth-order valence-corrected chi connectivity index (χ4v) is 2.21. The normalized spacial score (nSPS) is 10.5. The molecule has 0 atom stereocenters. The number of ether oxygens (including phenoxy) is 1. The molecule has 2 aromatic rings. The Balaban J connectivity index is 1.74. The van der Waals surface area contributed by atoms with Gasteiger partial charge in [-0.15, -0.1) is 0 Å². The van der Waals surface area contributed by atoms with Crippen LogP contribution in [0.5, 0.6) is 5.75 Å². The van der Waals surface area contributed by atoms with Crippen molar-refractivity contribution in [1.29, 1.82) is 0 Å². The topological polar surface area (TPSA) is 45.6 Å². The molecule has 5 heteroatoms. The maximum Gasteiger partial charge on any atom is 0.191 e. The molecule has 0 aliphatic heterocycles. The Bertz CT molecular complexity index is 641. The predicted octanol–water partition coefficient (Wildman–Crippen LogP) is 4.58. The number of nitrogens with one attached hydrogen (secondary N) is 2. The Morgan fingerprint density at radius 1 is 1.08 bits per heavy atom. The van der Waals surface area contributed by atoms with Gasteiger partial charge in [-0.1, -0.05) is 38.0 Å². The molecule has 0 unspecified atom stereocenters. The van der Waals surface area contributed by atoms with Crippen LogP contribution < -0.4 is 15.5 Å². The number of rotatable bonds is 8. The van der Waals surface area contributed by atoms with E-state index < -0.39 is 0 Å². The molecule has 0 saturated carbocycles. The molecule has 2 rings (SSSR count). The van der Waals surface area contributed by atoms with E-state index in [0.717, 1.165) is 30.0 Å². The standard InChI is InChI=1S/C19H23N3OS/c1-2-3-7-14-23-18-12-10-16(11-13-18)15-20-22-19(24)21-17-8-5-4-6-9-17/h4-6,8-13,15H,2-3,7,14H2,1H3,(H2,21,22,24)/b20-15+. The molecule has 0 fully saturated rings. The highest BCUT2D eigenvalue weighted by molar-refractivity contribution is 7.80. The second-order valence-corrected chi connectivity index (χ2v) is 5.72. The molecular weight excluding hydrogens is 318 g/mol. The maximum atomic E-state index is 5.68. The summed E-state index contributed by atoms with van der Waals surface area (Å²) in [5.74, 6) is 0.887. The van der Waals surface area contributed by atoms with Crippen LogP contribution in [0.15, 0.2) is 59.7 Å². The molecule has 4 nitrogen and oxygen atoms in total. The molecule has 126 valence electrons. The number of hydrazone groups is 1. The van der Waals surface area contributed by atoms with E-state index in [1.807, 2.05) is 54.6 Å². The summed E-state index contributed by atoms with van der Waals surface area (Å²) in [6, 6.07) is 17.6. The van der Waals surface area contributed by atoms with E-state index in [2.05, 4.69) is 22.8 Å². The van der Waals surface area contributed by atoms with Crippen molar-refractivity contribution in [1.82, 2.24) is 5.43 Å². The molecule has 0 amide bonds. The quantitative estimate of drug-likeness (QED) is 0.319. The van der Waals surface area contributed by atoms with Gasteiger partial charge >= 0.3 is 0 Å². The van der Waals surface area contributed by atoms with Crippen LogP contribution in [0.25, 0.3) is 0 Å². The Morgan fingerprint density at radius 3 is 2.54 bits per heavy atom. The molecular formula is C19H23N3OS. The summed E-state index contributed by atoms with van der Waals surface area (Å²) < 4.78 is 5.68. The minimum Gasteiger partial charge on any atom is -0.494 e. The van der Waals surface area contributed by atoms with Gasteiger partial charge in [0.05, 0.1) is 12.8 Å². The third-order valence-corrected chi connectivity index (χ3v) is 3.50. The van der Waals surface area contributed by atoms with Crippen molar-refractivity contribution < 1.29 is 4.74 Å². The van der Waals surface area contributed by atoms with Gasteiger partial charge in [-0.2, -0.15) is 5.10 Å². The van der Waals surface area contributed by atoms with Crippen molar-refractivity contribution in [2.24, 2.45) is 5.10 Å². The van der Waals surface area contributed by atoms with Gasteiger partial charge in [-0.05, 0) is 60.6 Å². The molecule has 2 aromatic carbocycles. The summed E-state index contributed by atoms with van der Waals surface area (Å²) in [7, 11) is 0. The summed E-state index contributed by atoms with van der Waals surface area (Å²) in [6.45, 7) is 2.95. The molecule has 0 aromatic heterocycles. The van der Waals surface area contributed by atoms with Gasteiger partial charge in [0, 0.05) is 5.69 Å². The van der Waals surface area contributed by atoms with Crippen LogP contribution in [0.2, 0.25) is 0 Å². The number of anilines is 1. The molecule has 0 heterocycles. The predicted molar refractivity (Wildman–Crippen MR) is 105 cm³/mol. The number of hydrogen-bond donors (Lipinski definition) is 2. The van der Waals surface area contributed by atoms with Crippen LogP contribution in [0.1, 0.15) is 31.7 Å². The average Bonchev–Trinajstić information content (AvgIpc) is 2.61. The van der Waals surface area contributed by atoms with Gasteiger partial charge in [-0.25, -0.2) is 0 Å². The molecule has 0 spiro atoms. The van der Waals surface area contributed by atoms with Crippen LogP contribution in [-0.2, 0) is 0 Å². The van der Waals surface area contributed by atoms with E-state index in [-0.39, 0.29) is 0 Å². The summed E-state index contributed by atoms with van der Waals surface area (Å²) in [6.07, 6.45) is 5.22. The Morgan fingerprint density at radius 2 is 1.83 bits per heavy atom. The van der Waals surface area contributed by atoms with E-state index in [0.29, 0.717) is 5.11 Å².